The molecule has 2 aromatic carbocycles. The van der Waals surface area contributed by atoms with E-state index in [1.807, 2.05) is 57.2 Å². The molecular formula is C25H24N4O3. The molecule has 0 saturated carbocycles. The summed E-state index contributed by atoms with van der Waals surface area (Å²) in [5.41, 5.74) is 5.24. The second-order valence-electron chi connectivity index (χ2n) is 7.76. The first-order valence-corrected chi connectivity index (χ1v) is 10.2. The van der Waals surface area contributed by atoms with Gasteiger partial charge in [-0.25, -0.2) is 9.78 Å². The molecule has 162 valence electrons. The van der Waals surface area contributed by atoms with Gasteiger partial charge in [-0.05, 0) is 67.8 Å². The third kappa shape index (κ3) is 4.95. The molecule has 0 aliphatic heterocycles. The number of hydrogen-bond acceptors (Lipinski definition) is 4. The van der Waals surface area contributed by atoms with Crippen LogP contribution >= 0.6 is 0 Å². The number of benzene rings is 2. The van der Waals surface area contributed by atoms with Gasteiger partial charge in [-0.2, -0.15) is 0 Å². The topological polar surface area (TPSA) is 84.7 Å². The zero-order valence-electron chi connectivity index (χ0n) is 18.2. The fourth-order valence-electron chi connectivity index (χ4n) is 3.51. The van der Waals surface area contributed by atoms with Gasteiger partial charge in [-0.1, -0.05) is 24.3 Å². The number of aryl methyl sites for hydroxylation is 3. The van der Waals surface area contributed by atoms with Crippen molar-refractivity contribution in [3.63, 3.8) is 0 Å². The Bertz CT molecular complexity index is 1340. The van der Waals surface area contributed by atoms with E-state index in [9.17, 15) is 9.59 Å². The van der Waals surface area contributed by atoms with Crippen LogP contribution in [0.25, 0.3) is 5.65 Å². The van der Waals surface area contributed by atoms with Gasteiger partial charge in [0.15, 0.2) is 0 Å². The molecule has 0 spiro atoms. The molecule has 7 heteroatoms. The van der Waals surface area contributed by atoms with Gasteiger partial charge < -0.3 is 15.4 Å². The molecule has 0 unspecified atom stereocenters. The van der Waals surface area contributed by atoms with Crippen molar-refractivity contribution in [3.05, 3.63) is 99.6 Å². The summed E-state index contributed by atoms with van der Waals surface area (Å²) in [5.74, 6) is 0.481. The highest BCUT2D eigenvalue weighted by molar-refractivity contribution is 6.00. The molecule has 2 N–H and O–H groups in total. The predicted molar refractivity (Wildman–Crippen MR) is 126 cm³/mol. The minimum atomic E-state index is -0.372. The number of anilines is 2. The molecule has 0 radical (unpaired) electrons. The van der Waals surface area contributed by atoms with Crippen LogP contribution in [-0.4, -0.2) is 15.4 Å². The molecule has 0 aliphatic carbocycles. The van der Waals surface area contributed by atoms with Gasteiger partial charge in [0, 0.05) is 18.0 Å². The van der Waals surface area contributed by atoms with Crippen molar-refractivity contribution >= 4 is 23.1 Å². The van der Waals surface area contributed by atoms with Crippen molar-refractivity contribution in [1.82, 2.24) is 9.38 Å². The molecule has 2 aromatic heterocycles. The van der Waals surface area contributed by atoms with Crippen molar-refractivity contribution < 1.29 is 9.53 Å². The van der Waals surface area contributed by atoms with Crippen LogP contribution in [0.1, 0.15) is 22.4 Å². The van der Waals surface area contributed by atoms with E-state index in [0.29, 0.717) is 22.8 Å². The normalized spacial score (nSPS) is 10.7. The zero-order chi connectivity index (χ0) is 22.7. The largest absolute Gasteiger partial charge is 0.485 e. The highest BCUT2D eigenvalue weighted by Crippen LogP contribution is 2.25. The van der Waals surface area contributed by atoms with Crippen LogP contribution in [0.3, 0.4) is 0 Å². The number of fused-ring (bicyclic) bond motifs is 1. The van der Waals surface area contributed by atoms with E-state index in [1.165, 1.54) is 10.5 Å². The number of amides is 2. The number of nitrogens with zero attached hydrogens (tertiary/aromatic N) is 2. The lowest BCUT2D eigenvalue weighted by atomic mass is 10.1. The summed E-state index contributed by atoms with van der Waals surface area (Å²) >= 11 is 0. The van der Waals surface area contributed by atoms with Gasteiger partial charge in [0.1, 0.15) is 18.0 Å². The monoisotopic (exact) mass is 428 g/mol. The number of pyridine rings is 1. The number of ether oxygens (including phenoxy) is 1. The van der Waals surface area contributed by atoms with E-state index < -0.39 is 0 Å². The van der Waals surface area contributed by atoms with Crippen molar-refractivity contribution in [2.45, 2.75) is 27.4 Å². The number of carbonyl (C=O) groups is 1. The maximum atomic E-state index is 12.5. The van der Waals surface area contributed by atoms with E-state index in [0.717, 1.165) is 22.4 Å². The Morgan fingerprint density at radius 3 is 2.47 bits per heavy atom. The molecule has 0 bridgehead atoms. The Kier molecular flexibility index (Phi) is 5.89. The molecule has 0 atom stereocenters. The van der Waals surface area contributed by atoms with Crippen molar-refractivity contribution in [3.8, 4) is 5.75 Å². The van der Waals surface area contributed by atoms with E-state index >= 15 is 0 Å². The second kappa shape index (κ2) is 8.93. The summed E-state index contributed by atoms with van der Waals surface area (Å²) in [6, 6.07) is 17.8. The number of hydrogen-bond donors (Lipinski definition) is 2. The van der Waals surface area contributed by atoms with Gasteiger partial charge in [0.2, 0.25) is 0 Å². The molecule has 4 rings (SSSR count). The molecule has 7 nitrogen and oxygen atoms in total. The van der Waals surface area contributed by atoms with Gasteiger partial charge >= 0.3 is 6.03 Å². The van der Waals surface area contributed by atoms with Crippen molar-refractivity contribution in [2.24, 2.45) is 0 Å². The first-order chi connectivity index (χ1) is 15.4. The molecule has 2 amide bonds. The van der Waals surface area contributed by atoms with E-state index in [4.69, 9.17) is 4.74 Å². The van der Waals surface area contributed by atoms with Crippen LogP contribution in [0.4, 0.5) is 16.2 Å². The first-order valence-electron chi connectivity index (χ1n) is 10.2. The average Bonchev–Trinajstić information content (AvgIpc) is 2.73. The number of aromatic nitrogens is 2. The van der Waals surface area contributed by atoms with E-state index in [-0.39, 0.29) is 18.2 Å². The third-order valence-electron chi connectivity index (χ3n) is 4.85. The number of para-hydroxylation sites is 2. The van der Waals surface area contributed by atoms with Gasteiger partial charge in [-0.3, -0.25) is 9.20 Å². The van der Waals surface area contributed by atoms with Crippen LogP contribution in [0, 0.1) is 20.8 Å². The van der Waals surface area contributed by atoms with Crippen LogP contribution in [0.5, 0.6) is 5.75 Å². The van der Waals surface area contributed by atoms with Gasteiger partial charge in [0.05, 0.1) is 11.4 Å². The SMILES string of the molecule is Cc1cc(C)cc(NC(=O)Nc2ccccc2OCc2cc(=O)n3cc(C)ccc3n2)c1. The predicted octanol–water partition coefficient (Wildman–Crippen LogP) is 4.84. The fraction of sp³-hybridized carbons (Fsp3) is 0.160. The van der Waals surface area contributed by atoms with Crippen LogP contribution in [0.15, 0.2) is 71.7 Å². The Morgan fingerprint density at radius 2 is 1.69 bits per heavy atom. The van der Waals surface area contributed by atoms with E-state index in [1.54, 1.807) is 24.4 Å². The lowest BCUT2D eigenvalue weighted by Gasteiger charge is -2.14. The highest BCUT2D eigenvalue weighted by Gasteiger charge is 2.10. The number of carbonyl (C=O) groups excluding carboxylic acids is 1. The Morgan fingerprint density at radius 1 is 0.938 bits per heavy atom. The Hall–Kier alpha value is -4.13. The molecular weight excluding hydrogens is 404 g/mol. The first kappa shape index (κ1) is 21.1. The summed E-state index contributed by atoms with van der Waals surface area (Å²) in [6.45, 7) is 5.97. The zero-order valence-corrected chi connectivity index (χ0v) is 18.2. The molecule has 0 aliphatic rings. The average molecular weight is 428 g/mol. The maximum absolute atomic E-state index is 12.5. The van der Waals surface area contributed by atoms with Crippen molar-refractivity contribution in [1.29, 1.82) is 0 Å². The summed E-state index contributed by atoms with van der Waals surface area (Å²) in [6.07, 6.45) is 1.75. The van der Waals surface area contributed by atoms with Gasteiger partial charge in [0.25, 0.3) is 5.56 Å². The lowest BCUT2D eigenvalue weighted by Crippen LogP contribution is -2.20. The smallest absolute Gasteiger partial charge is 0.323 e. The molecule has 0 fully saturated rings. The number of rotatable bonds is 5. The third-order valence-corrected chi connectivity index (χ3v) is 4.85. The van der Waals surface area contributed by atoms with Gasteiger partial charge in [-0.15, -0.1) is 0 Å². The fourth-order valence-corrected chi connectivity index (χ4v) is 3.51. The maximum Gasteiger partial charge on any atom is 0.323 e. The quantitative estimate of drug-likeness (QED) is 0.476. The summed E-state index contributed by atoms with van der Waals surface area (Å²) in [5, 5.41) is 5.66. The lowest BCUT2D eigenvalue weighted by molar-refractivity contribution is 0.261. The van der Waals surface area contributed by atoms with Crippen LogP contribution in [-0.2, 0) is 6.61 Å². The minimum Gasteiger partial charge on any atom is -0.485 e. The highest BCUT2D eigenvalue weighted by atomic mass is 16.5. The number of nitrogens with one attached hydrogen (secondary N) is 2. The second-order valence-corrected chi connectivity index (χ2v) is 7.76. The van der Waals surface area contributed by atoms with E-state index in [2.05, 4.69) is 15.6 Å². The number of urea groups is 1. The molecule has 0 saturated heterocycles. The Labute approximate surface area is 185 Å². The summed E-state index contributed by atoms with van der Waals surface area (Å²) in [4.78, 5) is 29.4. The molecule has 2 heterocycles. The van der Waals surface area contributed by atoms with Crippen LogP contribution in [0.2, 0.25) is 0 Å². The molecule has 4 aromatic rings. The minimum absolute atomic E-state index is 0.0942. The summed E-state index contributed by atoms with van der Waals surface area (Å²) < 4.78 is 7.39. The Balaban J connectivity index is 1.48. The van der Waals surface area contributed by atoms with Crippen molar-refractivity contribution in [2.75, 3.05) is 10.6 Å². The standard InChI is InChI=1S/C25H24N4O3/c1-16-8-9-23-26-20(13-24(30)29(23)14-16)15-32-22-7-5-4-6-21(22)28-25(31)27-19-11-17(2)10-18(3)12-19/h4-14H,15H2,1-3H3,(H2,27,28,31). The van der Waals surface area contributed by atoms with Crippen LogP contribution < -0.4 is 20.9 Å². The molecule has 32 heavy (non-hydrogen) atoms. The summed E-state index contributed by atoms with van der Waals surface area (Å²) in [7, 11) is 0.